The van der Waals surface area contributed by atoms with Gasteiger partial charge in [0.15, 0.2) is 22.6 Å². The van der Waals surface area contributed by atoms with Gasteiger partial charge in [-0.1, -0.05) is 133 Å². The average Bonchev–Trinajstić information content (AvgIpc) is 3.78. The number of halogens is 1. The number of aromatic nitrogens is 4. The number of carboxylic acid groups (broad SMARTS) is 1. The third-order valence-corrected chi connectivity index (χ3v) is 12.6. The first-order valence-corrected chi connectivity index (χ1v) is 21.6. The quantitative estimate of drug-likeness (QED) is 0.0267. The lowest BCUT2D eigenvalue weighted by Crippen LogP contribution is -2.49. The Morgan fingerprint density at radius 2 is 1.65 bits per heavy atom. The predicted molar refractivity (Wildman–Crippen MR) is 217 cm³/mol. The van der Waals surface area contributed by atoms with Gasteiger partial charge in [0.2, 0.25) is 0 Å². The molecule has 0 aliphatic carbocycles. The number of ether oxygens (including phenoxy) is 1. The van der Waals surface area contributed by atoms with Crippen LogP contribution in [-0.4, -0.2) is 70.8 Å². The second-order valence-corrected chi connectivity index (χ2v) is 16.5. The van der Waals surface area contributed by atoms with Crippen molar-refractivity contribution in [2.75, 3.05) is 12.3 Å². The Labute approximate surface area is 334 Å². The Kier molecular flexibility index (Phi) is 16.0. The Morgan fingerprint density at radius 3 is 2.25 bits per heavy atom. The molecule has 4 aromatic rings. The molecule has 5 rings (SSSR count). The Morgan fingerprint density at radius 1 is 1.04 bits per heavy atom. The number of aliphatic hydroxyl groups excluding tert-OH is 1. The van der Waals surface area contributed by atoms with Crippen molar-refractivity contribution < 1.29 is 37.7 Å². The molecule has 1 aliphatic heterocycles. The lowest BCUT2D eigenvalue weighted by molar-refractivity contribution is -0.143. The molecule has 0 saturated carbocycles. The molecule has 0 amide bonds. The van der Waals surface area contributed by atoms with E-state index in [1.165, 1.54) is 15.6 Å². The molecule has 1 aliphatic rings. The van der Waals surface area contributed by atoms with Gasteiger partial charge in [0, 0.05) is 12.5 Å². The zero-order chi connectivity index (χ0) is 40.8. The van der Waals surface area contributed by atoms with Crippen LogP contribution in [0.4, 0.5) is 10.2 Å². The smallest absolute Gasteiger partial charge is 0.462 e. The van der Waals surface area contributed by atoms with Crippen LogP contribution >= 0.6 is 7.75 Å². The van der Waals surface area contributed by atoms with Gasteiger partial charge in [-0.15, -0.1) is 6.42 Å². The van der Waals surface area contributed by atoms with E-state index in [4.69, 9.17) is 25.9 Å². The number of rotatable bonds is 24. The topological polar surface area (TPSA) is 175 Å². The third-order valence-electron chi connectivity index (χ3n) is 10.5. The normalized spacial score (nSPS) is 19.8. The lowest BCUT2D eigenvalue weighted by Gasteiger charge is -2.41. The van der Waals surface area contributed by atoms with Gasteiger partial charge in [-0.2, -0.15) is 19.0 Å². The van der Waals surface area contributed by atoms with Gasteiger partial charge in [0.1, 0.15) is 30.7 Å². The summed E-state index contributed by atoms with van der Waals surface area (Å²) in [6.07, 6.45) is 14.8. The number of carboxylic acids is 1. The van der Waals surface area contributed by atoms with Crippen molar-refractivity contribution in [2.45, 2.75) is 134 Å². The molecule has 308 valence electrons. The first kappa shape index (κ1) is 43.7. The number of nitrogen functional groups attached to an aromatic ring is 1. The highest BCUT2D eigenvalue weighted by molar-refractivity contribution is 7.51. The summed E-state index contributed by atoms with van der Waals surface area (Å²) in [5.74, 6) is 1.36. The fourth-order valence-corrected chi connectivity index (χ4v) is 9.59. The third kappa shape index (κ3) is 11.2. The number of carbonyl (C=O) groups is 1. The Hall–Kier alpha value is -4.38. The van der Waals surface area contributed by atoms with Crippen molar-refractivity contribution in [3.05, 3.63) is 78.6 Å². The Bertz CT molecular complexity index is 1950. The number of imidazole rings is 1. The molecule has 1 saturated heterocycles. The zero-order valence-electron chi connectivity index (χ0n) is 32.9. The number of unbranched alkanes of at least 4 members (excludes halogenated alkanes) is 8. The van der Waals surface area contributed by atoms with Gasteiger partial charge < -0.3 is 25.2 Å². The van der Waals surface area contributed by atoms with Crippen LogP contribution in [0.15, 0.2) is 67.0 Å². The van der Waals surface area contributed by atoms with Crippen LogP contribution in [-0.2, 0) is 25.0 Å². The van der Waals surface area contributed by atoms with E-state index in [2.05, 4.69) is 34.7 Å². The van der Waals surface area contributed by atoms with Crippen LogP contribution in [0.5, 0.6) is 5.75 Å². The van der Waals surface area contributed by atoms with Crippen molar-refractivity contribution in [3.8, 4) is 18.1 Å². The number of aliphatic carboxylic acids is 1. The molecular weight excluding hydrogens is 750 g/mol. The van der Waals surface area contributed by atoms with Crippen LogP contribution < -0.4 is 10.3 Å². The lowest BCUT2D eigenvalue weighted by atomic mass is 9.98. The molecule has 13 nitrogen and oxygen atoms in total. The fourth-order valence-electron chi connectivity index (χ4n) is 7.41. The molecule has 15 heteroatoms. The van der Waals surface area contributed by atoms with Gasteiger partial charge >= 0.3 is 19.8 Å². The number of terminal acetylenes is 1. The highest BCUT2D eigenvalue weighted by Gasteiger charge is 2.53. The summed E-state index contributed by atoms with van der Waals surface area (Å²) in [6, 6.07) is 15.8. The number of para-hydroxylation sites is 1. The monoisotopic (exact) mass is 806 g/mol. The number of benzene rings is 2. The second kappa shape index (κ2) is 20.9. The van der Waals surface area contributed by atoms with Gasteiger partial charge in [0.05, 0.1) is 6.33 Å². The molecule has 3 heterocycles. The number of nitrogens with zero attached hydrogens (tertiary/aromatic N) is 5. The van der Waals surface area contributed by atoms with Crippen LogP contribution in [0.3, 0.4) is 0 Å². The van der Waals surface area contributed by atoms with E-state index in [1.54, 1.807) is 30.3 Å². The SMILES string of the molecule is C#C[C@]1(COP(=O)(Oc2ccccc2)N(C(CCCCCCC)CCCCCCC)[C@@H](Cc2ccccc2)C(=O)O)O[C@@H](n2cnc3c(N)nc(F)nc32)C[C@@H]1O. The zero-order valence-corrected chi connectivity index (χ0v) is 33.8. The highest BCUT2D eigenvalue weighted by Crippen LogP contribution is 2.57. The summed E-state index contributed by atoms with van der Waals surface area (Å²) in [5.41, 5.74) is 4.88. The molecule has 0 spiro atoms. The van der Waals surface area contributed by atoms with Gasteiger partial charge in [0.25, 0.3) is 0 Å². The van der Waals surface area contributed by atoms with E-state index in [9.17, 15) is 19.4 Å². The maximum atomic E-state index is 15.9. The van der Waals surface area contributed by atoms with E-state index < -0.39 is 56.4 Å². The van der Waals surface area contributed by atoms with Crippen molar-refractivity contribution in [1.29, 1.82) is 0 Å². The van der Waals surface area contributed by atoms with Gasteiger partial charge in [-0.3, -0.25) is 13.9 Å². The maximum absolute atomic E-state index is 15.9. The standard InChI is InChI=1S/C42H56FN6O7P/c1-4-7-9-11-17-23-32(24-18-12-10-8-5-2)49(34(40(51)52)27-31-21-15-13-16-22-31)57(53,56-33-25-19-14-20-26-33)54-29-42(6-3)35(50)28-36(55-42)48-30-45-37-38(44)46-41(43)47-39(37)48/h3,13-16,19-22,25-26,30,32,34-36,50H,4-5,7-12,17-18,23-24,27-29H2,1-2H3,(H,51,52)(H2,44,46,47)/t34-,35-,36+,42+,57?/m0/s1. The maximum Gasteiger partial charge on any atom is 0.462 e. The second-order valence-electron chi connectivity index (χ2n) is 14.7. The molecule has 1 fully saturated rings. The van der Waals surface area contributed by atoms with Crippen LogP contribution in [0.25, 0.3) is 11.2 Å². The summed E-state index contributed by atoms with van der Waals surface area (Å²) in [4.78, 5) is 25.1. The number of aliphatic hydroxyl groups is 1. The predicted octanol–water partition coefficient (Wildman–Crippen LogP) is 8.49. The molecule has 0 radical (unpaired) electrons. The molecular formula is C42H56FN6O7P. The molecule has 4 N–H and O–H groups in total. The molecule has 0 bridgehead atoms. The minimum atomic E-state index is -4.68. The number of anilines is 1. The number of hydrogen-bond acceptors (Lipinski definition) is 10. The van der Waals surface area contributed by atoms with Crippen molar-refractivity contribution in [3.63, 3.8) is 0 Å². The van der Waals surface area contributed by atoms with Crippen LogP contribution in [0, 0.1) is 18.4 Å². The van der Waals surface area contributed by atoms with Crippen molar-refractivity contribution >= 4 is 30.7 Å². The van der Waals surface area contributed by atoms with Crippen molar-refractivity contribution in [2.24, 2.45) is 0 Å². The Balaban J connectivity index is 1.55. The number of hydrogen-bond donors (Lipinski definition) is 3. The first-order chi connectivity index (χ1) is 27.5. The largest absolute Gasteiger partial charge is 0.480 e. The molecule has 57 heavy (non-hydrogen) atoms. The summed E-state index contributed by atoms with van der Waals surface area (Å²) in [5, 5.41) is 22.6. The van der Waals surface area contributed by atoms with E-state index in [1.807, 2.05) is 30.3 Å². The molecule has 2 aromatic carbocycles. The molecule has 1 unspecified atom stereocenters. The molecule has 2 aromatic heterocycles. The van der Waals surface area contributed by atoms with Gasteiger partial charge in [-0.25, -0.2) is 9.55 Å². The minimum absolute atomic E-state index is 0.0145. The van der Waals surface area contributed by atoms with Crippen molar-refractivity contribution in [1.82, 2.24) is 24.2 Å². The summed E-state index contributed by atoms with van der Waals surface area (Å²) >= 11 is 0. The van der Waals surface area contributed by atoms with E-state index in [0.717, 1.165) is 69.8 Å². The fraction of sp³-hybridized carbons (Fsp3) is 0.524. The van der Waals surface area contributed by atoms with Crippen LogP contribution in [0.1, 0.15) is 109 Å². The highest BCUT2D eigenvalue weighted by atomic mass is 31.2. The van der Waals surface area contributed by atoms with E-state index in [-0.39, 0.29) is 35.6 Å². The summed E-state index contributed by atoms with van der Waals surface area (Å²) < 4.78 is 52.1. The summed E-state index contributed by atoms with van der Waals surface area (Å²) in [6.45, 7) is 3.65. The average molecular weight is 807 g/mol. The van der Waals surface area contributed by atoms with E-state index in [0.29, 0.717) is 12.8 Å². The summed E-state index contributed by atoms with van der Waals surface area (Å²) in [7, 11) is -4.68. The van der Waals surface area contributed by atoms with Crippen LogP contribution in [0.2, 0.25) is 0 Å². The first-order valence-electron chi connectivity index (χ1n) is 20.1. The number of fused-ring (bicyclic) bond motifs is 1. The minimum Gasteiger partial charge on any atom is -0.480 e. The number of nitrogens with two attached hydrogens (primary N) is 1. The molecule has 5 atom stereocenters. The van der Waals surface area contributed by atoms with Gasteiger partial charge in [-0.05, 0) is 37.0 Å². The van der Waals surface area contributed by atoms with E-state index >= 15 is 4.57 Å².